The third kappa shape index (κ3) is 3.08. The van der Waals surface area contributed by atoms with Crippen LogP contribution in [0.15, 0.2) is 54.7 Å². The standard InChI is InChI=1S/C21H21N3O2/c1-23-18-8-7-17(14-16(18)6-9-21(23)26)22-20(25)11-13-24-12-10-15-4-2-3-5-19(15)24/h2-5,7-8,10,12,14H,6,9,11,13H2,1H3,(H,22,25). The Morgan fingerprint density at radius 1 is 1.12 bits per heavy atom. The zero-order valence-corrected chi connectivity index (χ0v) is 14.7. The minimum Gasteiger partial charge on any atom is -0.347 e. The average molecular weight is 347 g/mol. The van der Waals surface area contributed by atoms with Crippen LogP contribution in [0.2, 0.25) is 0 Å². The van der Waals surface area contributed by atoms with E-state index < -0.39 is 0 Å². The van der Waals surface area contributed by atoms with Gasteiger partial charge in [-0.05, 0) is 47.7 Å². The summed E-state index contributed by atoms with van der Waals surface area (Å²) in [6.07, 6.45) is 3.66. The van der Waals surface area contributed by atoms with Crippen molar-refractivity contribution in [3.05, 3.63) is 60.3 Å². The number of hydrogen-bond acceptors (Lipinski definition) is 2. The van der Waals surface area contributed by atoms with E-state index >= 15 is 0 Å². The van der Waals surface area contributed by atoms with E-state index in [0.29, 0.717) is 19.4 Å². The highest BCUT2D eigenvalue weighted by Crippen LogP contribution is 2.29. The molecule has 0 atom stereocenters. The number of amides is 2. The number of aryl methyl sites for hydroxylation is 2. The molecule has 132 valence electrons. The molecule has 2 heterocycles. The van der Waals surface area contributed by atoms with Crippen LogP contribution in [0.5, 0.6) is 0 Å². The highest BCUT2D eigenvalue weighted by atomic mass is 16.2. The van der Waals surface area contributed by atoms with Crippen LogP contribution in [0, 0.1) is 0 Å². The van der Waals surface area contributed by atoms with Crippen LogP contribution in [-0.4, -0.2) is 23.4 Å². The van der Waals surface area contributed by atoms with Crippen molar-refractivity contribution < 1.29 is 9.59 Å². The van der Waals surface area contributed by atoms with Gasteiger partial charge in [0, 0.05) is 49.5 Å². The number of benzene rings is 2. The molecule has 5 nitrogen and oxygen atoms in total. The Bertz CT molecular complexity index is 990. The maximum atomic E-state index is 12.3. The molecular formula is C21H21N3O2. The molecule has 2 aromatic carbocycles. The lowest BCUT2D eigenvalue weighted by atomic mass is 10.0. The number of nitrogens with zero attached hydrogens (tertiary/aromatic N) is 2. The fourth-order valence-electron chi connectivity index (χ4n) is 3.52. The predicted molar refractivity (Wildman–Crippen MR) is 103 cm³/mol. The summed E-state index contributed by atoms with van der Waals surface area (Å²) in [6.45, 7) is 0.640. The lowest BCUT2D eigenvalue weighted by molar-refractivity contribution is -0.118. The molecule has 0 aliphatic carbocycles. The van der Waals surface area contributed by atoms with Gasteiger partial charge in [-0.3, -0.25) is 9.59 Å². The number of hydrogen-bond donors (Lipinski definition) is 1. The number of aromatic nitrogens is 1. The number of rotatable bonds is 4. The van der Waals surface area contributed by atoms with E-state index in [-0.39, 0.29) is 11.8 Å². The number of anilines is 2. The molecule has 0 saturated heterocycles. The SMILES string of the molecule is CN1C(=O)CCc2cc(NC(=O)CCn3ccc4ccccc43)ccc21. The normalized spacial score (nSPS) is 13.7. The zero-order chi connectivity index (χ0) is 18.1. The first-order chi connectivity index (χ1) is 12.6. The molecule has 1 aromatic heterocycles. The van der Waals surface area contributed by atoms with Gasteiger partial charge in [-0.25, -0.2) is 0 Å². The summed E-state index contributed by atoms with van der Waals surface area (Å²) in [7, 11) is 1.79. The Hall–Kier alpha value is -3.08. The third-order valence-electron chi connectivity index (χ3n) is 4.97. The Morgan fingerprint density at radius 2 is 1.96 bits per heavy atom. The van der Waals surface area contributed by atoms with Gasteiger partial charge < -0.3 is 14.8 Å². The zero-order valence-electron chi connectivity index (χ0n) is 14.7. The molecule has 3 aromatic rings. The maximum absolute atomic E-state index is 12.3. The summed E-state index contributed by atoms with van der Waals surface area (Å²) in [5.41, 5.74) is 3.95. The van der Waals surface area contributed by atoms with Crippen molar-refractivity contribution >= 4 is 34.1 Å². The summed E-state index contributed by atoms with van der Waals surface area (Å²) < 4.78 is 2.10. The van der Waals surface area contributed by atoms with E-state index in [1.54, 1.807) is 11.9 Å². The van der Waals surface area contributed by atoms with Crippen molar-refractivity contribution in [2.75, 3.05) is 17.3 Å². The van der Waals surface area contributed by atoms with Gasteiger partial charge in [0.25, 0.3) is 0 Å². The lowest BCUT2D eigenvalue weighted by Crippen LogP contribution is -2.31. The van der Waals surface area contributed by atoms with Gasteiger partial charge in [-0.1, -0.05) is 18.2 Å². The van der Waals surface area contributed by atoms with Crippen LogP contribution in [0.25, 0.3) is 10.9 Å². The van der Waals surface area contributed by atoms with Crippen molar-refractivity contribution in [1.82, 2.24) is 4.57 Å². The molecule has 26 heavy (non-hydrogen) atoms. The fourth-order valence-corrected chi connectivity index (χ4v) is 3.52. The molecule has 1 aliphatic heterocycles. The van der Waals surface area contributed by atoms with E-state index in [1.165, 1.54) is 5.39 Å². The molecule has 1 aliphatic rings. The first-order valence-electron chi connectivity index (χ1n) is 8.85. The predicted octanol–water partition coefficient (Wildman–Crippen LogP) is 3.58. The van der Waals surface area contributed by atoms with Crippen molar-refractivity contribution in [2.45, 2.75) is 25.8 Å². The number of nitrogens with one attached hydrogen (secondary N) is 1. The largest absolute Gasteiger partial charge is 0.347 e. The van der Waals surface area contributed by atoms with Crippen molar-refractivity contribution in [1.29, 1.82) is 0 Å². The smallest absolute Gasteiger partial charge is 0.227 e. The summed E-state index contributed by atoms with van der Waals surface area (Å²) in [6, 6.07) is 16.0. The number of carbonyl (C=O) groups excluding carboxylic acids is 2. The molecule has 5 heteroatoms. The second-order valence-electron chi connectivity index (χ2n) is 6.66. The molecule has 0 saturated carbocycles. The van der Waals surface area contributed by atoms with E-state index in [1.807, 2.05) is 36.5 Å². The molecule has 0 unspecified atom stereocenters. The van der Waals surface area contributed by atoms with Crippen LogP contribution in [0.4, 0.5) is 11.4 Å². The van der Waals surface area contributed by atoms with Gasteiger partial charge >= 0.3 is 0 Å². The minimum absolute atomic E-state index is 0.0111. The molecule has 0 fully saturated rings. The first kappa shape index (κ1) is 16.4. The van der Waals surface area contributed by atoms with Crippen molar-refractivity contribution in [3.63, 3.8) is 0 Å². The summed E-state index contributed by atoms with van der Waals surface area (Å²) in [5, 5.41) is 4.15. The van der Waals surface area contributed by atoms with Crippen LogP contribution in [-0.2, 0) is 22.6 Å². The maximum Gasteiger partial charge on any atom is 0.227 e. The number of fused-ring (bicyclic) bond motifs is 2. The Labute approximate surface area is 152 Å². The van der Waals surface area contributed by atoms with E-state index in [0.717, 1.165) is 28.9 Å². The lowest BCUT2D eigenvalue weighted by Gasteiger charge is -2.26. The first-order valence-corrected chi connectivity index (χ1v) is 8.85. The third-order valence-corrected chi connectivity index (χ3v) is 4.97. The highest BCUT2D eigenvalue weighted by molar-refractivity contribution is 5.97. The molecular weight excluding hydrogens is 326 g/mol. The van der Waals surface area contributed by atoms with Crippen LogP contribution < -0.4 is 10.2 Å². The quantitative estimate of drug-likeness (QED) is 0.784. The van der Waals surface area contributed by atoms with Gasteiger partial charge in [0.15, 0.2) is 0 Å². The minimum atomic E-state index is -0.0111. The molecule has 4 rings (SSSR count). The average Bonchev–Trinajstić information content (AvgIpc) is 3.06. The van der Waals surface area contributed by atoms with Crippen molar-refractivity contribution in [3.8, 4) is 0 Å². The Balaban J connectivity index is 1.41. The van der Waals surface area contributed by atoms with Crippen LogP contribution in [0.1, 0.15) is 18.4 Å². The molecule has 2 amide bonds. The second-order valence-corrected chi connectivity index (χ2v) is 6.66. The van der Waals surface area contributed by atoms with Crippen molar-refractivity contribution in [2.24, 2.45) is 0 Å². The fraction of sp³-hybridized carbons (Fsp3) is 0.238. The van der Waals surface area contributed by atoms with Crippen LogP contribution >= 0.6 is 0 Å². The van der Waals surface area contributed by atoms with E-state index in [2.05, 4.69) is 28.1 Å². The summed E-state index contributed by atoms with van der Waals surface area (Å²) in [5.74, 6) is 0.121. The van der Waals surface area contributed by atoms with Gasteiger partial charge in [-0.15, -0.1) is 0 Å². The Kier molecular flexibility index (Phi) is 4.21. The molecule has 0 bridgehead atoms. The summed E-state index contributed by atoms with van der Waals surface area (Å²) in [4.78, 5) is 25.8. The van der Waals surface area contributed by atoms with E-state index in [9.17, 15) is 9.59 Å². The molecule has 0 radical (unpaired) electrons. The highest BCUT2D eigenvalue weighted by Gasteiger charge is 2.21. The second kappa shape index (κ2) is 6.67. The van der Waals surface area contributed by atoms with Gasteiger partial charge in [0.05, 0.1) is 0 Å². The van der Waals surface area contributed by atoms with Crippen LogP contribution in [0.3, 0.4) is 0 Å². The van der Waals surface area contributed by atoms with Gasteiger partial charge in [0.1, 0.15) is 0 Å². The molecule has 0 spiro atoms. The Morgan fingerprint density at radius 3 is 2.85 bits per heavy atom. The summed E-state index contributed by atoms with van der Waals surface area (Å²) >= 11 is 0. The number of carbonyl (C=O) groups is 2. The van der Waals surface area contributed by atoms with E-state index in [4.69, 9.17) is 0 Å². The van der Waals surface area contributed by atoms with Gasteiger partial charge in [0.2, 0.25) is 11.8 Å². The molecule has 1 N–H and O–H groups in total. The van der Waals surface area contributed by atoms with Gasteiger partial charge in [-0.2, -0.15) is 0 Å². The monoisotopic (exact) mass is 347 g/mol. The topological polar surface area (TPSA) is 54.3 Å². The number of para-hydroxylation sites is 1.